The quantitative estimate of drug-likeness (QED) is 0.814. The average molecular weight is 292 g/mol. The Hall–Kier alpha value is -1.27. The lowest BCUT2D eigenvalue weighted by molar-refractivity contribution is -0.184. The van der Waals surface area contributed by atoms with Gasteiger partial charge in [0, 0.05) is 24.9 Å². The zero-order valence-corrected chi connectivity index (χ0v) is 11.1. The van der Waals surface area contributed by atoms with Crippen LogP contribution < -0.4 is 10.6 Å². The summed E-state index contributed by atoms with van der Waals surface area (Å²) in [5.41, 5.74) is 0. The molecule has 1 heterocycles. The third-order valence-electron chi connectivity index (χ3n) is 4.17. The Labute approximate surface area is 115 Å². The summed E-state index contributed by atoms with van der Waals surface area (Å²) >= 11 is 0. The summed E-state index contributed by atoms with van der Waals surface area (Å²) in [6, 6.07) is -0.0967. The molecule has 1 aliphatic heterocycles. The summed E-state index contributed by atoms with van der Waals surface area (Å²) in [7, 11) is 0. The molecule has 0 bridgehead atoms. The SMILES string of the molecule is O=C1CCC(NC(=O)C2CCC(C(F)(F)F)CC2)CN1. The van der Waals surface area contributed by atoms with Gasteiger partial charge >= 0.3 is 6.18 Å². The molecule has 4 nitrogen and oxygen atoms in total. The normalized spacial score (nSPS) is 31.6. The van der Waals surface area contributed by atoms with Gasteiger partial charge in [-0.15, -0.1) is 0 Å². The number of amides is 2. The molecule has 2 amide bonds. The fourth-order valence-electron chi connectivity index (χ4n) is 2.86. The smallest absolute Gasteiger partial charge is 0.354 e. The molecule has 2 aliphatic rings. The summed E-state index contributed by atoms with van der Waals surface area (Å²) in [4.78, 5) is 23.0. The summed E-state index contributed by atoms with van der Waals surface area (Å²) in [5.74, 6) is -1.79. The molecule has 0 radical (unpaired) electrons. The van der Waals surface area contributed by atoms with Gasteiger partial charge in [-0.25, -0.2) is 0 Å². The molecule has 0 spiro atoms. The molecule has 1 aliphatic carbocycles. The van der Waals surface area contributed by atoms with Crippen LogP contribution in [0.4, 0.5) is 13.2 Å². The number of halogens is 3. The largest absolute Gasteiger partial charge is 0.391 e. The van der Waals surface area contributed by atoms with Crippen LogP contribution in [0.25, 0.3) is 0 Å². The van der Waals surface area contributed by atoms with Gasteiger partial charge in [0.15, 0.2) is 0 Å². The van der Waals surface area contributed by atoms with E-state index in [-0.39, 0.29) is 49.5 Å². The van der Waals surface area contributed by atoms with Crippen molar-refractivity contribution in [1.82, 2.24) is 10.6 Å². The molecule has 0 aromatic carbocycles. The van der Waals surface area contributed by atoms with Gasteiger partial charge in [0.1, 0.15) is 0 Å². The van der Waals surface area contributed by atoms with Gasteiger partial charge < -0.3 is 10.6 Å². The Morgan fingerprint density at radius 2 is 1.80 bits per heavy atom. The van der Waals surface area contributed by atoms with Crippen LogP contribution in [0, 0.1) is 11.8 Å². The number of hydrogen-bond donors (Lipinski definition) is 2. The molecule has 2 rings (SSSR count). The maximum absolute atomic E-state index is 12.5. The van der Waals surface area contributed by atoms with Gasteiger partial charge in [-0.2, -0.15) is 13.2 Å². The van der Waals surface area contributed by atoms with Crippen molar-refractivity contribution in [2.75, 3.05) is 6.54 Å². The third kappa shape index (κ3) is 3.86. The second-order valence-corrected chi connectivity index (χ2v) is 5.64. The van der Waals surface area contributed by atoms with Gasteiger partial charge in [-0.05, 0) is 32.1 Å². The summed E-state index contributed by atoms with van der Waals surface area (Å²) in [6.45, 7) is 0.405. The lowest BCUT2D eigenvalue weighted by atomic mass is 9.81. The molecule has 1 saturated carbocycles. The van der Waals surface area contributed by atoms with Crippen molar-refractivity contribution in [3.05, 3.63) is 0 Å². The molecule has 2 fully saturated rings. The highest BCUT2D eigenvalue weighted by molar-refractivity contribution is 5.80. The first-order chi connectivity index (χ1) is 9.36. The van der Waals surface area contributed by atoms with Gasteiger partial charge in [0.2, 0.25) is 11.8 Å². The Morgan fingerprint density at radius 1 is 1.15 bits per heavy atom. The second-order valence-electron chi connectivity index (χ2n) is 5.64. The van der Waals surface area contributed by atoms with Crippen molar-refractivity contribution in [3.8, 4) is 0 Å². The number of rotatable bonds is 2. The lowest BCUT2D eigenvalue weighted by Gasteiger charge is -2.31. The van der Waals surface area contributed by atoms with E-state index in [9.17, 15) is 22.8 Å². The van der Waals surface area contributed by atoms with Crippen LogP contribution in [-0.2, 0) is 9.59 Å². The first-order valence-corrected chi connectivity index (χ1v) is 7.00. The van der Waals surface area contributed by atoms with Gasteiger partial charge in [-0.3, -0.25) is 9.59 Å². The molecule has 1 atom stereocenters. The molecule has 1 unspecified atom stereocenters. The minimum absolute atomic E-state index is 0.0267. The van der Waals surface area contributed by atoms with E-state index in [4.69, 9.17) is 0 Å². The minimum atomic E-state index is -4.14. The predicted molar refractivity (Wildman–Crippen MR) is 65.7 cm³/mol. The van der Waals surface area contributed by atoms with Crippen LogP contribution >= 0.6 is 0 Å². The number of hydrogen-bond acceptors (Lipinski definition) is 2. The number of carbonyl (C=O) groups is 2. The van der Waals surface area contributed by atoms with E-state index < -0.39 is 12.1 Å². The van der Waals surface area contributed by atoms with Crippen molar-refractivity contribution in [2.24, 2.45) is 11.8 Å². The molecule has 1 saturated heterocycles. The van der Waals surface area contributed by atoms with Crippen molar-refractivity contribution in [1.29, 1.82) is 0 Å². The molecular weight excluding hydrogens is 273 g/mol. The van der Waals surface area contributed by atoms with Crippen LogP contribution in [0.15, 0.2) is 0 Å². The van der Waals surface area contributed by atoms with E-state index in [0.717, 1.165) is 0 Å². The van der Waals surface area contributed by atoms with Crippen molar-refractivity contribution < 1.29 is 22.8 Å². The molecule has 0 aromatic rings. The number of alkyl halides is 3. The maximum Gasteiger partial charge on any atom is 0.391 e. The van der Waals surface area contributed by atoms with Crippen molar-refractivity contribution in [2.45, 2.75) is 50.7 Å². The van der Waals surface area contributed by atoms with E-state index >= 15 is 0 Å². The van der Waals surface area contributed by atoms with E-state index in [0.29, 0.717) is 19.4 Å². The van der Waals surface area contributed by atoms with Crippen LogP contribution in [0.3, 0.4) is 0 Å². The van der Waals surface area contributed by atoms with Crippen LogP contribution in [0.2, 0.25) is 0 Å². The average Bonchev–Trinajstić information content (AvgIpc) is 2.40. The highest BCUT2D eigenvalue weighted by Crippen LogP contribution is 2.39. The number of piperidine rings is 1. The zero-order valence-electron chi connectivity index (χ0n) is 11.1. The first-order valence-electron chi connectivity index (χ1n) is 7.00. The van der Waals surface area contributed by atoms with E-state index in [1.165, 1.54) is 0 Å². The summed E-state index contributed by atoms with van der Waals surface area (Å²) < 4.78 is 37.6. The van der Waals surface area contributed by atoms with Gasteiger partial charge in [0.25, 0.3) is 0 Å². The molecule has 114 valence electrons. The standard InChI is InChI=1S/C13H19F3N2O2/c14-13(15,16)9-3-1-8(2-4-9)12(20)18-10-5-6-11(19)17-7-10/h8-10H,1-7H2,(H,17,19)(H,18,20). The van der Waals surface area contributed by atoms with Crippen LogP contribution in [0.5, 0.6) is 0 Å². The first kappa shape index (κ1) is 15.1. The molecule has 7 heteroatoms. The Balaban J connectivity index is 1.76. The third-order valence-corrected chi connectivity index (χ3v) is 4.17. The molecule has 20 heavy (non-hydrogen) atoms. The zero-order chi connectivity index (χ0) is 14.8. The molecule has 2 N–H and O–H groups in total. The van der Waals surface area contributed by atoms with E-state index in [1.807, 2.05) is 0 Å². The van der Waals surface area contributed by atoms with Gasteiger partial charge in [0.05, 0.1) is 5.92 Å². The highest BCUT2D eigenvalue weighted by atomic mass is 19.4. The number of nitrogens with one attached hydrogen (secondary N) is 2. The predicted octanol–water partition coefficient (Wildman–Crippen LogP) is 1.75. The van der Waals surface area contributed by atoms with Crippen LogP contribution in [-0.4, -0.2) is 30.6 Å². The fraction of sp³-hybridized carbons (Fsp3) is 0.846. The van der Waals surface area contributed by atoms with Crippen molar-refractivity contribution >= 4 is 11.8 Å². The summed E-state index contributed by atoms with van der Waals surface area (Å²) in [5, 5.41) is 5.49. The van der Waals surface area contributed by atoms with Crippen molar-refractivity contribution in [3.63, 3.8) is 0 Å². The molecule has 0 aromatic heterocycles. The number of carbonyl (C=O) groups excluding carboxylic acids is 2. The topological polar surface area (TPSA) is 58.2 Å². The highest BCUT2D eigenvalue weighted by Gasteiger charge is 2.42. The Bertz CT molecular complexity index is 366. The van der Waals surface area contributed by atoms with E-state index in [2.05, 4.69) is 10.6 Å². The Morgan fingerprint density at radius 3 is 2.30 bits per heavy atom. The minimum Gasteiger partial charge on any atom is -0.354 e. The molecular formula is C13H19F3N2O2. The fourth-order valence-corrected chi connectivity index (χ4v) is 2.86. The monoisotopic (exact) mass is 292 g/mol. The summed E-state index contributed by atoms with van der Waals surface area (Å²) in [6.07, 6.45) is -2.54. The van der Waals surface area contributed by atoms with E-state index in [1.54, 1.807) is 0 Å². The Kier molecular flexibility index (Phi) is 4.55. The van der Waals surface area contributed by atoms with Gasteiger partial charge in [-0.1, -0.05) is 0 Å². The lowest BCUT2D eigenvalue weighted by Crippen LogP contribution is -2.49. The second kappa shape index (κ2) is 6.01. The maximum atomic E-state index is 12.5. The van der Waals surface area contributed by atoms with Crippen LogP contribution in [0.1, 0.15) is 38.5 Å².